The lowest BCUT2D eigenvalue weighted by Crippen LogP contribution is -2.53. The van der Waals surface area contributed by atoms with Gasteiger partial charge in [-0.25, -0.2) is 0 Å². The number of carbonyl (C=O) groups is 3. The normalized spacial score (nSPS) is 28.1. The van der Waals surface area contributed by atoms with Crippen LogP contribution in [0, 0.1) is 0 Å². The van der Waals surface area contributed by atoms with E-state index in [0.717, 1.165) is 12.8 Å². The molecule has 2 saturated heterocycles. The number of nitrogens with one attached hydrogen (secondary N) is 1. The lowest BCUT2D eigenvalue weighted by molar-refractivity contribution is -0.139. The molecule has 0 aromatic carbocycles. The second-order valence-corrected chi connectivity index (χ2v) is 5.92. The van der Waals surface area contributed by atoms with E-state index in [1.54, 1.807) is 11.8 Å². The molecule has 0 aromatic rings. The van der Waals surface area contributed by atoms with Crippen LogP contribution >= 0.6 is 0 Å². The number of hydrogen-bond donors (Lipinski definition) is 1. The van der Waals surface area contributed by atoms with Gasteiger partial charge >= 0.3 is 0 Å². The van der Waals surface area contributed by atoms with Gasteiger partial charge in [0.2, 0.25) is 17.7 Å². The summed E-state index contributed by atoms with van der Waals surface area (Å²) in [4.78, 5) is 39.5. The van der Waals surface area contributed by atoms with E-state index >= 15 is 0 Å². The zero-order chi connectivity index (χ0) is 15.0. The van der Waals surface area contributed by atoms with E-state index in [2.05, 4.69) is 5.32 Å². The zero-order valence-corrected chi connectivity index (χ0v) is 12.2. The topological polar surface area (TPSA) is 79.0 Å². The van der Waals surface area contributed by atoms with Crippen LogP contribution in [0.25, 0.3) is 0 Å². The average Bonchev–Trinajstić information content (AvgIpc) is 3.27. The summed E-state index contributed by atoms with van der Waals surface area (Å²) in [5.41, 5.74) is 0. The Bertz CT molecular complexity index is 457. The first-order valence-corrected chi connectivity index (χ1v) is 7.56. The molecule has 3 aliphatic rings. The molecule has 1 aliphatic carbocycles. The number of carbonyl (C=O) groups excluding carboxylic acids is 3. The minimum Gasteiger partial charge on any atom is -0.378 e. The first kappa shape index (κ1) is 14.5. The van der Waals surface area contributed by atoms with Crippen molar-refractivity contribution >= 4 is 17.7 Å². The van der Waals surface area contributed by atoms with Crippen molar-refractivity contribution in [3.63, 3.8) is 0 Å². The highest BCUT2D eigenvalue weighted by atomic mass is 16.5. The van der Waals surface area contributed by atoms with Gasteiger partial charge in [-0.1, -0.05) is 0 Å². The standard InChI is InChI=1S/C14H21N3O4/c1-9(13(19)16-4-6-21-7-5-16)15-11-8-12(18)17(14(11)20)10-2-3-10/h9-11,15H,2-8H2,1H3. The molecule has 21 heavy (non-hydrogen) atoms. The molecule has 7 nitrogen and oxygen atoms in total. The molecule has 0 spiro atoms. The lowest BCUT2D eigenvalue weighted by Gasteiger charge is -2.30. The van der Waals surface area contributed by atoms with Crippen molar-refractivity contribution in [1.82, 2.24) is 15.1 Å². The Morgan fingerprint density at radius 2 is 1.95 bits per heavy atom. The van der Waals surface area contributed by atoms with E-state index in [-0.39, 0.29) is 30.2 Å². The fourth-order valence-electron chi connectivity index (χ4n) is 2.93. The summed E-state index contributed by atoms with van der Waals surface area (Å²) in [6, 6.07) is -0.927. The number of imide groups is 1. The SMILES string of the molecule is CC(NC1CC(=O)N(C2CC2)C1=O)C(=O)N1CCOCC1. The maximum Gasteiger partial charge on any atom is 0.247 e. The summed E-state index contributed by atoms with van der Waals surface area (Å²) in [7, 11) is 0. The fourth-order valence-corrected chi connectivity index (χ4v) is 2.93. The van der Waals surface area contributed by atoms with Gasteiger partial charge in [0.05, 0.1) is 31.7 Å². The van der Waals surface area contributed by atoms with Gasteiger partial charge in [-0.15, -0.1) is 0 Å². The van der Waals surface area contributed by atoms with Crippen LogP contribution < -0.4 is 5.32 Å². The summed E-state index contributed by atoms with van der Waals surface area (Å²) in [6.45, 7) is 4.01. The predicted molar refractivity (Wildman–Crippen MR) is 73.3 cm³/mol. The van der Waals surface area contributed by atoms with Crippen molar-refractivity contribution in [3.05, 3.63) is 0 Å². The quantitative estimate of drug-likeness (QED) is 0.681. The average molecular weight is 295 g/mol. The fraction of sp³-hybridized carbons (Fsp3) is 0.786. The molecule has 0 bridgehead atoms. The maximum absolute atomic E-state index is 12.3. The van der Waals surface area contributed by atoms with Crippen molar-refractivity contribution in [2.75, 3.05) is 26.3 Å². The van der Waals surface area contributed by atoms with Gasteiger partial charge in [-0.3, -0.25) is 24.6 Å². The van der Waals surface area contributed by atoms with E-state index in [1.165, 1.54) is 4.90 Å². The third-order valence-corrected chi connectivity index (χ3v) is 4.24. The molecular weight excluding hydrogens is 274 g/mol. The van der Waals surface area contributed by atoms with Crippen LogP contribution in [0.1, 0.15) is 26.2 Å². The van der Waals surface area contributed by atoms with E-state index in [9.17, 15) is 14.4 Å². The monoisotopic (exact) mass is 295 g/mol. The number of morpholine rings is 1. The van der Waals surface area contributed by atoms with Gasteiger partial charge in [0.15, 0.2) is 0 Å². The highest BCUT2D eigenvalue weighted by molar-refractivity contribution is 6.06. The molecule has 1 saturated carbocycles. The molecule has 0 aromatic heterocycles. The summed E-state index contributed by atoms with van der Waals surface area (Å²) in [6.07, 6.45) is 1.98. The summed E-state index contributed by atoms with van der Waals surface area (Å²) >= 11 is 0. The third kappa shape index (κ3) is 2.94. The highest BCUT2D eigenvalue weighted by Crippen LogP contribution is 2.31. The largest absolute Gasteiger partial charge is 0.378 e. The summed E-state index contributed by atoms with van der Waals surface area (Å²) in [5, 5.41) is 3.02. The predicted octanol–water partition coefficient (Wildman–Crippen LogP) is -0.887. The van der Waals surface area contributed by atoms with Crippen molar-refractivity contribution in [3.8, 4) is 0 Å². The molecule has 2 atom stereocenters. The zero-order valence-electron chi connectivity index (χ0n) is 12.2. The Morgan fingerprint density at radius 3 is 2.57 bits per heavy atom. The molecule has 3 rings (SSSR count). The van der Waals surface area contributed by atoms with Crippen LogP contribution in [0.2, 0.25) is 0 Å². The van der Waals surface area contributed by atoms with Crippen LogP contribution in [0.15, 0.2) is 0 Å². The summed E-state index contributed by atoms with van der Waals surface area (Å²) in [5.74, 6) is -0.335. The van der Waals surface area contributed by atoms with Gasteiger partial charge in [-0.2, -0.15) is 0 Å². The second kappa shape index (κ2) is 5.73. The van der Waals surface area contributed by atoms with Crippen molar-refractivity contribution < 1.29 is 19.1 Å². The molecule has 2 heterocycles. The molecular formula is C14H21N3O4. The molecule has 0 radical (unpaired) electrons. The first-order chi connectivity index (χ1) is 10.1. The van der Waals surface area contributed by atoms with Gasteiger partial charge < -0.3 is 9.64 Å². The number of hydrogen-bond acceptors (Lipinski definition) is 5. The van der Waals surface area contributed by atoms with Gasteiger partial charge in [0.25, 0.3) is 0 Å². The molecule has 1 N–H and O–H groups in total. The molecule has 3 fully saturated rings. The first-order valence-electron chi connectivity index (χ1n) is 7.56. The minimum absolute atomic E-state index is 0.0385. The Balaban J connectivity index is 1.57. The Morgan fingerprint density at radius 1 is 1.29 bits per heavy atom. The van der Waals surface area contributed by atoms with E-state index in [1.807, 2.05) is 0 Å². The minimum atomic E-state index is -0.557. The number of amides is 3. The number of likely N-dealkylation sites (tertiary alicyclic amines) is 1. The van der Waals surface area contributed by atoms with Gasteiger partial charge in [0.1, 0.15) is 0 Å². The Labute approximate surface area is 123 Å². The molecule has 2 unspecified atom stereocenters. The van der Waals surface area contributed by atoms with Crippen LogP contribution in [-0.2, 0) is 19.1 Å². The molecule has 3 amide bonds. The third-order valence-electron chi connectivity index (χ3n) is 4.24. The van der Waals surface area contributed by atoms with E-state index < -0.39 is 12.1 Å². The highest BCUT2D eigenvalue weighted by Gasteiger charge is 2.46. The smallest absolute Gasteiger partial charge is 0.247 e. The number of nitrogens with zero attached hydrogens (tertiary/aromatic N) is 2. The van der Waals surface area contributed by atoms with Gasteiger partial charge in [-0.05, 0) is 19.8 Å². The molecule has 116 valence electrons. The molecule has 2 aliphatic heterocycles. The molecule has 7 heteroatoms. The Hall–Kier alpha value is -1.47. The van der Waals surface area contributed by atoms with Crippen LogP contribution in [-0.4, -0.2) is 72.0 Å². The van der Waals surface area contributed by atoms with E-state index in [4.69, 9.17) is 4.74 Å². The lowest BCUT2D eigenvalue weighted by atomic mass is 10.2. The second-order valence-electron chi connectivity index (χ2n) is 5.92. The van der Waals surface area contributed by atoms with Gasteiger partial charge in [0, 0.05) is 19.1 Å². The van der Waals surface area contributed by atoms with Crippen molar-refractivity contribution in [2.24, 2.45) is 0 Å². The van der Waals surface area contributed by atoms with Crippen molar-refractivity contribution in [1.29, 1.82) is 0 Å². The van der Waals surface area contributed by atoms with E-state index in [0.29, 0.717) is 26.3 Å². The number of rotatable bonds is 4. The van der Waals surface area contributed by atoms with Crippen LogP contribution in [0.3, 0.4) is 0 Å². The van der Waals surface area contributed by atoms with Crippen LogP contribution in [0.5, 0.6) is 0 Å². The van der Waals surface area contributed by atoms with Crippen LogP contribution in [0.4, 0.5) is 0 Å². The number of ether oxygens (including phenoxy) is 1. The Kier molecular flexibility index (Phi) is 3.95. The van der Waals surface area contributed by atoms with Crippen molar-refractivity contribution in [2.45, 2.75) is 44.3 Å². The summed E-state index contributed by atoms with van der Waals surface area (Å²) < 4.78 is 5.22. The maximum atomic E-state index is 12.3.